The Kier molecular flexibility index (Phi) is 4.68. The topological polar surface area (TPSA) is 12.0 Å². The normalized spacial score (nSPS) is 15.1. The van der Waals surface area contributed by atoms with Gasteiger partial charge in [0.15, 0.2) is 0 Å². The lowest BCUT2D eigenvalue weighted by Crippen LogP contribution is -2.28. The van der Waals surface area contributed by atoms with Crippen molar-refractivity contribution in [3.8, 4) is 0 Å². The minimum absolute atomic E-state index is 0.610. The average Bonchev–Trinajstić information content (AvgIpc) is 2.26. The Hall–Kier alpha value is -0.820. The van der Waals surface area contributed by atoms with Gasteiger partial charge < -0.3 is 5.32 Å². The van der Waals surface area contributed by atoms with Crippen LogP contribution in [0.4, 0.5) is 0 Å². The van der Waals surface area contributed by atoms with Gasteiger partial charge in [-0.05, 0) is 38.3 Å². The predicted molar refractivity (Wildman–Crippen MR) is 62.4 cm³/mol. The molecule has 0 saturated carbocycles. The van der Waals surface area contributed by atoms with Crippen LogP contribution in [-0.4, -0.2) is 13.1 Å². The third-order valence-corrected chi connectivity index (χ3v) is 3.04. The summed E-state index contributed by atoms with van der Waals surface area (Å²) in [5.74, 6) is 0.736. The van der Waals surface area contributed by atoms with Crippen LogP contribution in [0.2, 0.25) is 0 Å². The van der Waals surface area contributed by atoms with Gasteiger partial charge in [0.05, 0.1) is 0 Å². The summed E-state index contributed by atoms with van der Waals surface area (Å²) in [6.07, 6.45) is 2.44. The molecule has 1 N–H and O–H groups in total. The minimum Gasteiger partial charge on any atom is -0.317 e. The summed E-state index contributed by atoms with van der Waals surface area (Å²) >= 11 is 0. The van der Waals surface area contributed by atoms with Gasteiger partial charge in [0, 0.05) is 6.04 Å². The highest BCUT2D eigenvalue weighted by Crippen LogP contribution is 2.12. The molecule has 1 aromatic carbocycles. The molecule has 0 spiro atoms. The van der Waals surface area contributed by atoms with Gasteiger partial charge in [0.2, 0.25) is 0 Å². The minimum atomic E-state index is 0.610. The molecular weight excluding hydrogens is 170 g/mol. The van der Waals surface area contributed by atoms with Crippen molar-refractivity contribution in [1.29, 1.82) is 0 Å². The first-order chi connectivity index (χ1) is 6.74. The van der Waals surface area contributed by atoms with Crippen LogP contribution in [0.3, 0.4) is 0 Å². The van der Waals surface area contributed by atoms with Crippen LogP contribution < -0.4 is 5.32 Å². The summed E-state index contributed by atoms with van der Waals surface area (Å²) in [6.45, 7) is 4.56. The zero-order chi connectivity index (χ0) is 10.4. The number of aryl methyl sites for hydroxylation is 1. The Balaban J connectivity index is 2.34. The number of benzene rings is 1. The highest BCUT2D eigenvalue weighted by atomic mass is 14.9. The van der Waals surface area contributed by atoms with Gasteiger partial charge in [-0.1, -0.05) is 37.3 Å². The molecule has 0 aliphatic heterocycles. The molecule has 78 valence electrons. The van der Waals surface area contributed by atoms with Crippen molar-refractivity contribution in [1.82, 2.24) is 5.32 Å². The molecule has 2 atom stereocenters. The van der Waals surface area contributed by atoms with E-state index in [0.29, 0.717) is 6.04 Å². The summed E-state index contributed by atoms with van der Waals surface area (Å²) in [5.41, 5.74) is 1.45. The maximum Gasteiger partial charge on any atom is 0.00614 e. The second-order valence-electron chi connectivity index (χ2n) is 4.08. The Morgan fingerprint density at radius 1 is 1.14 bits per heavy atom. The van der Waals surface area contributed by atoms with Crippen LogP contribution >= 0.6 is 0 Å². The SMILES string of the molecule is CNC(C)C(C)CCc1ccccc1. The van der Waals surface area contributed by atoms with E-state index >= 15 is 0 Å². The molecule has 0 aliphatic rings. The largest absolute Gasteiger partial charge is 0.317 e. The Bertz CT molecular complexity index is 243. The molecule has 0 aliphatic carbocycles. The molecule has 1 heteroatoms. The second kappa shape index (κ2) is 5.82. The molecule has 0 aromatic heterocycles. The van der Waals surface area contributed by atoms with Crippen LogP contribution in [0.1, 0.15) is 25.8 Å². The maximum absolute atomic E-state index is 3.30. The molecule has 1 nitrogen and oxygen atoms in total. The monoisotopic (exact) mass is 191 g/mol. The predicted octanol–water partition coefficient (Wildman–Crippen LogP) is 2.86. The first-order valence-electron chi connectivity index (χ1n) is 5.45. The first-order valence-corrected chi connectivity index (χ1v) is 5.45. The zero-order valence-electron chi connectivity index (χ0n) is 9.46. The van der Waals surface area contributed by atoms with E-state index in [9.17, 15) is 0 Å². The first kappa shape index (κ1) is 11.3. The van der Waals surface area contributed by atoms with Crippen LogP contribution in [0, 0.1) is 5.92 Å². The number of hydrogen-bond donors (Lipinski definition) is 1. The van der Waals surface area contributed by atoms with E-state index in [1.165, 1.54) is 18.4 Å². The van der Waals surface area contributed by atoms with Crippen LogP contribution in [0.15, 0.2) is 30.3 Å². The van der Waals surface area contributed by atoms with Crippen LogP contribution in [-0.2, 0) is 6.42 Å². The molecule has 0 saturated heterocycles. The molecule has 0 radical (unpaired) electrons. The van der Waals surface area contributed by atoms with Crippen molar-refractivity contribution in [3.05, 3.63) is 35.9 Å². The lowest BCUT2D eigenvalue weighted by atomic mass is 9.95. The smallest absolute Gasteiger partial charge is 0.00614 e. The molecular formula is C13H21N. The van der Waals surface area contributed by atoms with Crippen molar-refractivity contribution in [3.63, 3.8) is 0 Å². The summed E-state index contributed by atoms with van der Waals surface area (Å²) in [6, 6.07) is 11.3. The van der Waals surface area contributed by atoms with Crippen LogP contribution in [0.5, 0.6) is 0 Å². The molecule has 1 aromatic rings. The molecule has 0 bridgehead atoms. The fourth-order valence-corrected chi connectivity index (χ4v) is 1.57. The summed E-state index contributed by atoms with van der Waals surface area (Å²) < 4.78 is 0. The zero-order valence-corrected chi connectivity index (χ0v) is 9.46. The lowest BCUT2D eigenvalue weighted by molar-refractivity contribution is 0.401. The van der Waals surface area contributed by atoms with Crippen molar-refractivity contribution < 1.29 is 0 Å². The highest BCUT2D eigenvalue weighted by Gasteiger charge is 2.09. The standard InChI is InChI=1S/C13H21N/c1-11(12(2)14-3)9-10-13-7-5-4-6-8-13/h4-8,11-12,14H,9-10H2,1-3H3. The van der Waals surface area contributed by atoms with Crippen molar-refractivity contribution >= 4 is 0 Å². The Labute approximate surface area is 87.5 Å². The van der Waals surface area contributed by atoms with Crippen molar-refractivity contribution in [2.45, 2.75) is 32.7 Å². The fraction of sp³-hybridized carbons (Fsp3) is 0.538. The van der Waals surface area contributed by atoms with E-state index in [1.54, 1.807) is 0 Å². The quantitative estimate of drug-likeness (QED) is 0.754. The fourth-order valence-electron chi connectivity index (χ4n) is 1.57. The van der Waals surface area contributed by atoms with Gasteiger partial charge >= 0.3 is 0 Å². The van der Waals surface area contributed by atoms with E-state index < -0.39 is 0 Å². The van der Waals surface area contributed by atoms with Gasteiger partial charge in [0.25, 0.3) is 0 Å². The van der Waals surface area contributed by atoms with E-state index in [4.69, 9.17) is 0 Å². The van der Waals surface area contributed by atoms with Gasteiger partial charge in [-0.25, -0.2) is 0 Å². The highest BCUT2D eigenvalue weighted by molar-refractivity contribution is 5.14. The lowest BCUT2D eigenvalue weighted by Gasteiger charge is -2.18. The van der Waals surface area contributed by atoms with E-state index in [0.717, 1.165) is 5.92 Å². The number of hydrogen-bond acceptors (Lipinski definition) is 1. The third-order valence-electron chi connectivity index (χ3n) is 3.04. The number of nitrogens with one attached hydrogen (secondary N) is 1. The van der Waals surface area contributed by atoms with Crippen molar-refractivity contribution in [2.75, 3.05) is 7.05 Å². The molecule has 0 fully saturated rings. The molecule has 2 unspecified atom stereocenters. The molecule has 1 rings (SSSR count). The van der Waals surface area contributed by atoms with Crippen molar-refractivity contribution in [2.24, 2.45) is 5.92 Å². The Morgan fingerprint density at radius 3 is 2.36 bits per heavy atom. The summed E-state index contributed by atoms with van der Waals surface area (Å²) in [4.78, 5) is 0. The maximum atomic E-state index is 3.30. The summed E-state index contributed by atoms with van der Waals surface area (Å²) in [7, 11) is 2.03. The van der Waals surface area contributed by atoms with Gasteiger partial charge in [0.1, 0.15) is 0 Å². The van der Waals surface area contributed by atoms with Gasteiger partial charge in [-0.3, -0.25) is 0 Å². The molecule has 0 heterocycles. The second-order valence-corrected chi connectivity index (χ2v) is 4.08. The van der Waals surface area contributed by atoms with E-state index in [-0.39, 0.29) is 0 Å². The number of rotatable bonds is 5. The average molecular weight is 191 g/mol. The van der Waals surface area contributed by atoms with E-state index in [1.807, 2.05) is 7.05 Å². The molecule has 14 heavy (non-hydrogen) atoms. The van der Waals surface area contributed by atoms with Gasteiger partial charge in [-0.15, -0.1) is 0 Å². The summed E-state index contributed by atoms with van der Waals surface area (Å²) in [5, 5.41) is 3.30. The molecule has 0 amide bonds. The third kappa shape index (κ3) is 3.51. The van der Waals surface area contributed by atoms with E-state index in [2.05, 4.69) is 49.5 Å². The Morgan fingerprint density at radius 2 is 1.79 bits per heavy atom. The van der Waals surface area contributed by atoms with Gasteiger partial charge in [-0.2, -0.15) is 0 Å². The van der Waals surface area contributed by atoms with Crippen LogP contribution in [0.25, 0.3) is 0 Å².